The minimum atomic E-state index is -0.609. The second kappa shape index (κ2) is 8.07. The molecule has 6 N–H and O–H groups in total. The average molecular weight is 457 g/mol. The van der Waals surface area contributed by atoms with Gasteiger partial charge in [-0.05, 0) is 30.7 Å². The highest BCUT2D eigenvalue weighted by Gasteiger charge is 2.36. The van der Waals surface area contributed by atoms with Gasteiger partial charge in [-0.15, -0.1) is 10.2 Å². The van der Waals surface area contributed by atoms with Crippen LogP contribution in [-0.2, 0) is 4.79 Å². The van der Waals surface area contributed by atoms with Crippen molar-refractivity contribution in [1.82, 2.24) is 15.2 Å². The number of carbonyl (C=O) groups is 1. The Morgan fingerprint density at radius 3 is 2.62 bits per heavy atom. The third kappa shape index (κ3) is 3.45. The first-order valence-electron chi connectivity index (χ1n) is 10.7. The van der Waals surface area contributed by atoms with Crippen molar-refractivity contribution in [2.45, 2.75) is 12.8 Å². The molecule has 0 fully saturated rings. The van der Waals surface area contributed by atoms with E-state index in [-0.39, 0.29) is 23.0 Å². The minimum absolute atomic E-state index is 0.160. The van der Waals surface area contributed by atoms with E-state index in [9.17, 15) is 9.90 Å². The number of aromatic hydroxyl groups is 1. The Labute approximate surface area is 195 Å². The molecule has 172 valence electrons. The van der Waals surface area contributed by atoms with E-state index in [1.165, 1.54) is 0 Å². The number of nitrogens with two attached hydrogens (primary N) is 1. The van der Waals surface area contributed by atoms with Crippen LogP contribution in [0.1, 0.15) is 22.7 Å². The van der Waals surface area contributed by atoms with E-state index >= 15 is 0 Å². The molecule has 3 heterocycles. The van der Waals surface area contributed by atoms with Crippen LogP contribution < -0.4 is 16.0 Å². The molecule has 5 rings (SSSR count). The number of anilines is 2. The van der Waals surface area contributed by atoms with Gasteiger partial charge < -0.3 is 26.0 Å². The Morgan fingerprint density at radius 1 is 1.15 bits per heavy atom. The minimum Gasteiger partial charge on any atom is -0.493 e. The summed E-state index contributed by atoms with van der Waals surface area (Å²) in [5.74, 6) is -0.533. The fraction of sp³-hybridized carbons (Fsp3) is 0.167. The van der Waals surface area contributed by atoms with Gasteiger partial charge in [-0.1, -0.05) is 30.3 Å². The average Bonchev–Trinajstić information content (AvgIpc) is 3.35. The van der Waals surface area contributed by atoms with Gasteiger partial charge in [0.25, 0.3) is 5.91 Å². The van der Waals surface area contributed by atoms with Gasteiger partial charge in [0.1, 0.15) is 5.82 Å². The van der Waals surface area contributed by atoms with Gasteiger partial charge in [0.05, 0.1) is 11.1 Å². The third-order valence-electron chi connectivity index (χ3n) is 5.99. The smallest absolute Gasteiger partial charge is 0.295 e. The van der Waals surface area contributed by atoms with E-state index in [1.54, 1.807) is 12.1 Å². The lowest BCUT2D eigenvalue weighted by atomic mass is 9.82. The van der Waals surface area contributed by atoms with Crippen molar-refractivity contribution in [1.29, 1.82) is 0 Å². The molecule has 2 aromatic heterocycles. The number of fused-ring (bicyclic) bond motifs is 2. The number of H-pyrrole nitrogens is 2. The zero-order valence-corrected chi connectivity index (χ0v) is 18.9. The molecule has 1 unspecified atom stereocenters. The molecular formula is C24H24N8O2. The van der Waals surface area contributed by atoms with Crippen molar-refractivity contribution in [2.24, 2.45) is 16.0 Å². The van der Waals surface area contributed by atoms with Crippen molar-refractivity contribution in [3.63, 3.8) is 0 Å². The maximum atomic E-state index is 13.4. The summed E-state index contributed by atoms with van der Waals surface area (Å²) in [4.78, 5) is 18.2. The molecular weight excluding hydrogens is 432 g/mol. The molecule has 0 radical (unpaired) electrons. The quantitative estimate of drug-likeness (QED) is 0.293. The normalized spacial score (nSPS) is 15.6. The van der Waals surface area contributed by atoms with Crippen LogP contribution in [0, 0.1) is 6.92 Å². The number of aromatic amines is 2. The van der Waals surface area contributed by atoms with Gasteiger partial charge in [0.2, 0.25) is 5.88 Å². The Morgan fingerprint density at radius 2 is 1.88 bits per heavy atom. The second-order valence-corrected chi connectivity index (χ2v) is 8.36. The predicted octanol–water partition coefficient (Wildman–Crippen LogP) is 4.01. The maximum Gasteiger partial charge on any atom is 0.295 e. The van der Waals surface area contributed by atoms with Crippen LogP contribution in [0.15, 0.2) is 70.2 Å². The number of nitrogens with zero attached hydrogens (tertiary/aromatic N) is 4. The molecule has 0 bridgehead atoms. The Hall–Kier alpha value is -4.60. The lowest BCUT2D eigenvalue weighted by Crippen LogP contribution is -2.27. The number of hydrogen-bond donors (Lipinski definition) is 5. The summed E-state index contributed by atoms with van der Waals surface area (Å²) >= 11 is 0. The number of azo groups is 1. The predicted molar refractivity (Wildman–Crippen MR) is 130 cm³/mol. The number of nitrogens with one attached hydrogen (secondary N) is 3. The van der Waals surface area contributed by atoms with Crippen molar-refractivity contribution in [2.75, 3.05) is 24.3 Å². The van der Waals surface area contributed by atoms with E-state index in [0.717, 1.165) is 22.5 Å². The van der Waals surface area contributed by atoms with Gasteiger partial charge >= 0.3 is 0 Å². The molecule has 1 amide bonds. The molecule has 10 heteroatoms. The molecule has 1 aliphatic rings. The monoisotopic (exact) mass is 456 g/mol. The molecule has 4 aromatic rings. The fourth-order valence-electron chi connectivity index (χ4n) is 4.28. The summed E-state index contributed by atoms with van der Waals surface area (Å²) in [6, 6.07) is 15.1. The SMILES string of the molecule is Cc1[nH]nc2c1C(c1ccc(N(C)C)cc1)C(C(=O)N=Nc1c(O)[nH]c3ccccc13)=C(N)N2. The maximum absolute atomic E-state index is 13.4. The van der Waals surface area contributed by atoms with Crippen molar-refractivity contribution in [3.05, 3.63) is 76.7 Å². The molecule has 0 spiro atoms. The second-order valence-electron chi connectivity index (χ2n) is 8.36. The summed E-state index contributed by atoms with van der Waals surface area (Å²) in [7, 11) is 3.93. The van der Waals surface area contributed by atoms with Gasteiger partial charge in [0.15, 0.2) is 11.5 Å². The molecule has 0 saturated carbocycles. The lowest BCUT2D eigenvalue weighted by molar-refractivity contribution is -0.115. The summed E-state index contributed by atoms with van der Waals surface area (Å²) in [6.07, 6.45) is 0. The largest absolute Gasteiger partial charge is 0.493 e. The summed E-state index contributed by atoms with van der Waals surface area (Å²) in [5.41, 5.74) is 11.0. The van der Waals surface area contributed by atoms with Gasteiger partial charge in [-0.3, -0.25) is 9.89 Å². The number of para-hydroxylation sites is 1. The number of carbonyl (C=O) groups excluding carboxylic acids is 1. The first-order chi connectivity index (χ1) is 16.3. The number of benzene rings is 2. The molecule has 1 aliphatic heterocycles. The highest BCUT2D eigenvalue weighted by Crippen LogP contribution is 2.43. The number of hydrogen-bond acceptors (Lipinski definition) is 7. The summed E-state index contributed by atoms with van der Waals surface area (Å²) < 4.78 is 0. The molecule has 2 aromatic carbocycles. The van der Waals surface area contributed by atoms with Crippen LogP contribution in [0.4, 0.5) is 17.2 Å². The van der Waals surface area contributed by atoms with E-state index in [0.29, 0.717) is 16.7 Å². The highest BCUT2D eigenvalue weighted by molar-refractivity contribution is 6.00. The van der Waals surface area contributed by atoms with Crippen LogP contribution in [-0.4, -0.2) is 40.3 Å². The van der Waals surface area contributed by atoms with E-state index in [1.807, 2.05) is 62.3 Å². The Kier molecular flexibility index (Phi) is 5.05. The lowest BCUT2D eigenvalue weighted by Gasteiger charge is -2.27. The van der Waals surface area contributed by atoms with Crippen molar-refractivity contribution < 1.29 is 9.90 Å². The standard InChI is InChI=1S/C24H24N8O2/c1-12-17-18(13-8-10-14(11-9-13)32(2)3)19(21(25)27-22(17)30-28-12)23(33)31-29-20-15-6-4-5-7-16(15)26-24(20)34/h4-11,18,26,34H,25H2,1-3H3,(H2,27,28,30). The highest BCUT2D eigenvalue weighted by atomic mass is 16.3. The summed E-state index contributed by atoms with van der Waals surface area (Å²) in [6.45, 7) is 1.89. The fourth-order valence-corrected chi connectivity index (χ4v) is 4.28. The van der Waals surface area contributed by atoms with Gasteiger partial charge in [-0.2, -0.15) is 5.10 Å². The Balaban J connectivity index is 1.57. The van der Waals surface area contributed by atoms with Crippen molar-refractivity contribution in [3.8, 4) is 5.88 Å². The number of rotatable bonds is 4. The topological polar surface area (TPSA) is 148 Å². The van der Waals surface area contributed by atoms with Gasteiger partial charge in [-0.25, -0.2) is 0 Å². The van der Waals surface area contributed by atoms with E-state index < -0.39 is 11.8 Å². The first kappa shape index (κ1) is 21.3. The van der Waals surface area contributed by atoms with Gasteiger partial charge in [0, 0.05) is 42.3 Å². The third-order valence-corrected chi connectivity index (χ3v) is 5.99. The number of aromatic nitrogens is 3. The zero-order valence-electron chi connectivity index (χ0n) is 18.9. The van der Waals surface area contributed by atoms with E-state index in [4.69, 9.17) is 5.73 Å². The Bertz CT molecular complexity index is 1460. The molecule has 0 aliphatic carbocycles. The van der Waals surface area contributed by atoms with Crippen LogP contribution in [0.3, 0.4) is 0 Å². The van der Waals surface area contributed by atoms with E-state index in [2.05, 4.69) is 30.7 Å². The van der Waals surface area contributed by atoms with Crippen molar-refractivity contribution >= 4 is 34.0 Å². The first-order valence-corrected chi connectivity index (χ1v) is 10.7. The van der Waals surface area contributed by atoms with Crippen LogP contribution in [0.5, 0.6) is 5.88 Å². The molecule has 1 atom stereocenters. The van der Waals surface area contributed by atoms with Crippen LogP contribution in [0.2, 0.25) is 0 Å². The molecule has 10 nitrogen and oxygen atoms in total. The molecule has 34 heavy (non-hydrogen) atoms. The summed E-state index contributed by atoms with van der Waals surface area (Å²) in [5, 5.41) is 29.2. The van der Waals surface area contributed by atoms with Crippen LogP contribution in [0.25, 0.3) is 10.9 Å². The molecule has 0 saturated heterocycles. The number of amides is 1. The van der Waals surface area contributed by atoms with Crippen LogP contribution >= 0.6 is 0 Å². The number of aryl methyl sites for hydroxylation is 1. The zero-order chi connectivity index (χ0) is 24.0.